The van der Waals surface area contributed by atoms with Gasteiger partial charge in [-0.15, -0.1) is 22.7 Å². The van der Waals surface area contributed by atoms with E-state index < -0.39 is 0 Å². The molecule has 8 heteroatoms. The molecule has 0 saturated carbocycles. The fourth-order valence-corrected chi connectivity index (χ4v) is 20.9. The summed E-state index contributed by atoms with van der Waals surface area (Å²) in [6, 6.07) is 112. The van der Waals surface area contributed by atoms with Crippen molar-refractivity contribution >= 4 is 219 Å². The van der Waals surface area contributed by atoms with Gasteiger partial charge in [0.25, 0.3) is 0 Å². The van der Waals surface area contributed by atoms with Crippen LogP contribution < -0.4 is 31.7 Å². The van der Waals surface area contributed by atoms with Crippen molar-refractivity contribution in [1.29, 1.82) is 0 Å². The maximum atomic E-state index is 2.75. The molecule has 24 rings (SSSR count). The van der Waals surface area contributed by atoms with Crippen molar-refractivity contribution < 1.29 is 0 Å². The first-order valence-corrected chi connectivity index (χ1v) is 35.0. The Bertz CT molecular complexity index is 7030. The zero-order chi connectivity index (χ0) is 61.9. The highest BCUT2D eigenvalue weighted by molar-refractivity contribution is 7.27. The number of benzene rings is 16. The van der Waals surface area contributed by atoms with Crippen LogP contribution in [0.4, 0.5) is 34.1 Å². The van der Waals surface area contributed by atoms with Gasteiger partial charge in [0.2, 0.25) is 0 Å². The first-order valence-electron chi connectivity index (χ1n) is 33.4. The lowest BCUT2D eigenvalue weighted by Crippen LogP contribution is -2.56. The molecule has 0 bridgehead atoms. The number of thiophene rings is 2. The smallest absolute Gasteiger partial charge is 0.333 e. The summed E-state index contributed by atoms with van der Waals surface area (Å²) >= 11 is 3.87. The molecule has 0 radical (unpaired) electrons. The van der Waals surface area contributed by atoms with Gasteiger partial charge in [-0.1, -0.05) is 224 Å². The van der Waals surface area contributed by atoms with Gasteiger partial charge in [0, 0.05) is 108 Å². The monoisotopic (exact) mass is 1250 g/mol. The molecular weight excluding hydrogens is 1200 g/mol. The summed E-state index contributed by atoms with van der Waals surface area (Å²) in [6.07, 6.45) is 0. The summed E-state index contributed by atoms with van der Waals surface area (Å²) in [5, 5.41) is 20.2. The minimum Gasteiger partial charge on any atom is -0.375 e. The molecule has 0 amide bonds. The summed E-state index contributed by atoms with van der Waals surface area (Å²) in [6.45, 7) is -0.196. The first-order chi connectivity index (χ1) is 47.6. The number of fused-ring (bicyclic) bond motifs is 27. The Morgan fingerprint density at radius 3 is 1.58 bits per heavy atom. The van der Waals surface area contributed by atoms with Gasteiger partial charge in [-0.25, -0.2) is 0 Å². The van der Waals surface area contributed by atoms with Gasteiger partial charge >= 0.3 is 13.7 Å². The van der Waals surface area contributed by atoms with Crippen LogP contribution in [0.25, 0.3) is 160 Å². The van der Waals surface area contributed by atoms with Crippen LogP contribution >= 0.6 is 22.7 Å². The van der Waals surface area contributed by atoms with E-state index in [2.05, 4.69) is 310 Å². The molecule has 0 unspecified atom stereocenters. The van der Waals surface area contributed by atoms with Crippen molar-refractivity contribution in [3.05, 3.63) is 291 Å². The highest BCUT2D eigenvalue weighted by Crippen LogP contribution is 2.56. The van der Waals surface area contributed by atoms with E-state index >= 15 is 0 Å². The molecule has 20 aromatic rings. The van der Waals surface area contributed by atoms with Gasteiger partial charge in [0.05, 0.1) is 32.1 Å². The number of rotatable bonds is 3. The van der Waals surface area contributed by atoms with E-state index in [0.717, 1.165) is 0 Å². The van der Waals surface area contributed by atoms with Crippen LogP contribution in [-0.4, -0.2) is 22.7 Å². The summed E-state index contributed by atoms with van der Waals surface area (Å²) in [5.41, 5.74) is 25.4. The highest BCUT2D eigenvalue weighted by atomic mass is 32.1. The predicted octanol–water partition coefficient (Wildman–Crippen LogP) is 21.8. The molecule has 0 saturated heterocycles. The van der Waals surface area contributed by atoms with Crippen molar-refractivity contribution in [2.75, 3.05) is 9.80 Å². The molecule has 96 heavy (non-hydrogen) atoms. The van der Waals surface area contributed by atoms with Crippen molar-refractivity contribution in [2.45, 2.75) is 0 Å². The zero-order valence-electron chi connectivity index (χ0n) is 51.5. The highest BCUT2D eigenvalue weighted by Gasteiger charge is 2.47. The number of hydrogen-bond donors (Lipinski definition) is 0. The van der Waals surface area contributed by atoms with Gasteiger partial charge < -0.3 is 18.8 Å². The van der Waals surface area contributed by atoms with Crippen LogP contribution in [0.1, 0.15) is 0 Å². The van der Waals surface area contributed by atoms with Crippen LogP contribution in [0.5, 0.6) is 0 Å². The van der Waals surface area contributed by atoms with Crippen LogP contribution in [0.2, 0.25) is 0 Å². The normalized spacial score (nSPS) is 13.5. The Morgan fingerprint density at radius 1 is 0.271 bits per heavy atom. The summed E-state index contributed by atoms with van der Waals surface area (Å²) in [5.74, 6) is 0. The second-order valence-electron chi connectivity index (χ2n) is 26.9. The third-order valence-corrected chi connectivity index (χ3v) is 24.7. The van der Waals surface area contributed by atoms with Gasteiger partial charge in [0.15, 0.2) is 0 Å². The Morgan fingerprint density at radius 2 is 0.823 bits per heavy atom. The van der Waals surface area contributed by atoms with Gasteiger partial charge in [-0.3, -0.25) is 0 Å². The van der Waals surface area contributed by atoms with E-state index in [1.165, 1.54) is 216 Å². The largest absolute Gasteiger partial charge is 0.375 e. The molecule has 4 aliphatic heterocycles. The minimum absolute atomic E-state index is 0.0714. The van der Waals surface area contributed by atoms with Gasteiger partial charge in [-0.2, -0.15) is 0 Å². The van der Waals surface area contributed by atoms with Crippen LogP contribution in [-0.2, 0) is 0 Å². The zero-order valence-corrected chi connectivity index (χ0v) is 53.1. The quantitative estimate of drug-likeness (QED) is 0.164. The summed E-state index contributed by atoms with van der Waals surface area (Å²) in [7, 11) is 0. The Kier molecular flexibility index (Phi) is 9.62. The van der Waals surface area contributed by atoms with E-state index in [9.17, 15) is 0 Å². The van der Waals surface area contributed by atoms with Crippen LogP contribution in [0.3, 0.4) is 0 Å². The molecule has 4 aliphatic rings. The van der Waals surface area contributed by atoms with Crippen molar-refractivity contribution in [3.63, 3.8) is 0 Å². The van der Waals surface area contributed by atoms with Gasteiger partial charge in [0.1, 0.15) is 0 Å². The van der Waals surface area contributed by atoms with Crippen LogP contribution in [0.15, 0.2) is 291 Å². The van der Waals surface area contributed by atoms with E-state index in [1.807, 2.05) is 22.7 Å². The Balaban J connectivity index is 0.767. The molecule has 438 valence electrons. The van der Waals surface area contributed by atoms with E-state index in [-0.39, 0.29) is 13.7 Å². The first kappa shape index (κ1) is 50.8. The third-order valence-electron chi connectivity index (χ3n) is 22.3. The molecule has 0 fully saturated rings. The standard InChI is InChI=1S/C88H48B2N4S2/c1-2-19-51-44-56(38-35-49(51)17-1)91-76-46-53-21-4-3-20-52(53)45-72(76)90-80-68(48-69-61-25-9-13-33-77(61)95-87(69)85(80)91)65-41-40-58(79-66-27-8-12-31-75(66)94(90)84(65)79)55-36-39-57-54(43-55)22-15-32-73(57)92-83-59-23-6-5-18-50(59)37-42-71(83)89-81-67(47-70-62-26-10-14-34-78(62)96-88(70)86(81)92)64-29-16-28-63-60-24-7-11-30-74(60)93(89)82(63)64/h1-48H. The second kappa shape index (κ2) is 18.2. The molecule has 8 heterocycles. The number of para-hydroxylation sites is 3. The molecule has 0 N–H and O–H groups in total. The summed E-state index contributed by atoms with van der Waals surface area (Å²) < 4.78 is 10.7. The number of hydrogen-bond acceptors (Lipinski definition) is 4. The number of anilines is 6. The van der Waals surface area contributed by atoms with Crippen molar-refractivity contribution in [3.8, 4) is 33.4 Å². The van der Waals surface area contributed by atoms with Crippen molar-refractivity contribution in [2.24, 2.45) is 0 Å². The lowest BCUT2D eigenvalue weighted by molar-refractivity contribution is 1.27. The lowest BCUT2D eigenvalue weighted by atomic mass is 9.45. The van der Waals surface area contributed by atoms with Gasteiger partial charge in [-0.05, 0) is 143 Å². The fraction of sp³-hybridized carbons (Fsp3) is 0. The Labute approximate surface area is 558 Å². The summed E-state index contributed by atoms with van der Waals surface area (Å²) in [4.78, 5) is 5.34. The third kappa shape index (κ3) is 6.33. The molecular formula is C88H48B2N4S2. The molecule has 0 atom stereocenters. The SMILES string of the molecule is c1ccc2cc(N3c4cc5ccccc5cc4B4c5c(cc6c(sc7ccccc76)c53)-c3ccc(-c5ccc6c(N7c8c(ccc9ccccc89)B8c9c(cc%10c(sc%11ccccc%11%10)c97)-c7cccc9c%10ccccc%10n8c79)cccc6c5)c5c6ccccc6n4c35)ccc2c1. The maximum absolute atomic E-state index is 2.75. The predicted molar refractivity (Wildman–Crippen MR) is 415 cm³/mol. The Hall–Kier alpha value is -11.7. The topological polar surface area (TPSA) is 16.3 Å². The fourth-order valence-electron chi connectivity index (χ4n) is 18.5. The van der Waals surface area contributed by atoms with E-state index in [1.54, 1.807) is 0 Å². The molecule has 0 spiro atoms. The second-order valence-corrected chi connectivity index (χ2v) is 29.0. The van der Waals surface area contributed by atoms with E-state index in [4.69, 9.17) is 0 Å². The molecule has 0 aliphatic carbocycles. The van der Waals surface area contributed by atoms with E-state index in [0.29, 0.717) is 0 Å². The molecule has 4 nitrogen and oxygen atoms in total. The average Bonchev–Trinajstić information content (AvgIpc) is 1.41. The van der Waals surface area contributed by atoms with Crippen molar-refractivity contribution in [1.82, 2.24) is 8.96 Å². The minimum atomic E-state index is -0.125. The van der Waals surface area contributed by atoms with Crippen LogP contribution in [0, 0.1) is 0 Å². The molecule has 4 aromatic heterocycles. The maximum Gasteiger partial charge on any atom is 0.333 e. The number of aromatic nitrogens is 2. The molecule has 16 aromatic carbocycles. The average molecular weight is 1250 g/mol. The lowest BCUT2D eigenvalue weighted by Gasteiger charge is -2.41. The number of nitrogens with zero attached hydrogens (tertiary/aromatic N) is 4.